The van der Waals surface area contributed by atoms with Gasteiger partial charge in [-0.1, -0.05) is 19.1 Å². The van der Waals surface area contributed by atoms with Crippen LogP contribution < -0.4 is 0 Å². The number of esters is 2. The molecule has 150 valence electrons. The van der Waals surface area contributed by atoms with Crippen LogP contribution in [0.3, 0.4) is 0 Å². The Morgan fingerprint density at radius 1 is 0.808 bits per heavy atom. The lowest BCUT2D eigenvalue weighted by molar-refractivity contribution is -0.148. The Balaban J connectivity index is 4.49. The number of ether oxygens (including phenoxy) is 2. The Kier molecular flexibility index (Phi) is 14.7. The second-order valence-corrected chi connectivity index (χ2v) is 7.19. The topological polar surface area (TPSA) is 52.6 Å². The summed E-state index contributed by atoms with van der Waals surface area (Å²) in [5.74, 6) is -0.138. The van der Waals surface area contributed by atoms with Crippen molar-refractivity contribution in [3.63, 3.8) is 0 Å². The lowest BCUT2D eigenvalue weighted by Gasteiger charge is -2.24. The molecular formula is C22H38O4. The standard InChI is InChI=1S/C22H38O4/c1-6-8-10-12-14-21(25-19(4)23)16-18(3)17-22(26-20(5)24)15-13-11-9-7-2/h6-7,18,21-22H,1-2,8-17H2,3-5H3. The fourth-order valence-corrected chi connectivity index (χ4v) is 3.23. The Morgan fingerprint density at radius 2 is 1.19 bits per heavy atom. The van der Waals surface area contributed by atoms with Gasteiger partial charge in [0.2, 0.25) is 0 Å². The first kappa shape index (κ1) is 24.4. The van der Waals surface area contributed by atoms with Gasteiger partial charge >= 0.3 is 11.9 Å². The third-order valence-electron chi connectivity index (χ3n) is 4.36. The van der Waals surface area contributed by atoms with Crippen LogP contribution in [0.1, 0.15) is 85.0 Å². The molecule has 0 fully saturated rings. The van der Waals surface area contributed by atoms with E-state index in [1.54, 1.807) is 0 Å². The summed E-state index contributed by atoms with van der Waals surface area (Å²) < 4.78 is 11.0. The molecule has 0 aliphatic heterocycles. The van der Waals surface area contributed by atoms with Crippen LogP contribution >= 0.6 is 0 Å². The number of hydrogen-bond donors (Lipinski definition) is 0. The van der Waals surface area contributed by atoms with E-state index >= 15 is 0 Å². The van der Waals surface area contributed by atoms with E-state index in [9.17, 15) is 9.59 Å². The first-order chi connectivity index (χ1) is 12.4. The molecule has 0 amide bonds. The predicted octanol–water partition coefficient (Wildman–Crippen LogP) is 5.76. The Bertz CT molecular complexity index is 378. The van der Waals surface area contributed by atoms with E-state index in [0.29, 0.717) is 5.92 Å². The molecule has 0 spiro atoms. The van der Waals surface area contributed by atoms with E-state index in [1.807, 2.05) is 12.2 Å². The van der Waals surface area contributed by atoms with E-state index in [1.165, 1.54) is 13.8 Å². The van der Waals surface area contributed by atoms with E-state index in [2.05, 4.69) is 20.1 Å². The summed E-state index contributed by atoms with van der Waals surface area (Å²) in [6.45, 7) is 12.5. The SMILES string of the molecule is C=CCCCCC(CC(C)CC(CCCCC=C)OC(C)=O)OC(C)=O. The summed E-state index contributed by atoms with van der Waals surface area (Å²) in [7, 11) is 0. The first-order valence-electron chi connectivity index (χ1n) is 9.95. The largest absolute Gasteiger partial charge is 0.463 e. The van der Waals surface area contributed by atoms with Gasteiger partial charge in [0.1, 0.15) is 12.2 Å². The molecule has 4 nitrogen and oxygen atoms in total. The minimum absolute atomic E-state index is 0.0638. The zero-order chi connectivity index (χ0) is 19.8. The molecule has 0 saturated heterocycles. The number of allylic oxidation sites excluding steroid dienone is 2. The van der Waals surface area contributed by atoms with Gasteiger partial charge in [0.05, 0.1) is 0 Å². The number of carbonyl (C=O) groups excluding carboxylic acids is 2. The average molecular weight is 367 g/mol. The maximum Gasteiger partial charge on any atom is 0.302 e. The summed E-state index contributed by atoms with van der Waals surface area (Å²) >= 11 is 0. The van der Waals surface area contributed by atoms with Crippen molar-refractivity contribution >= 4 is 11.9 Å². The average Bonchev–Trinajstić information content (AvgIpc) is 2.54. The van der Waals surface area contributed by atoms with Crippen LogP contribution in [-0.2, 0) is 19.1 Å². The fourth-order valence-electron chi connectivity index (χ4n) is 3.23. The van der Waals surface area contributed by atoms with Gasteiger partial charge in [-0.2, -0.15) is 0 Å². The zero-order valence-corrected chi connectivity index (χ0v) is 17.0. The van der Waals surface area contributed by atoms with Crippen molar-refractivity contribution in [2.45, 2.75) is 97.2 Å². The molecule has 0 saturated carbocycles. The zero-order valence-electron chi connectivity index (χ0n) is 17.0. The summed E-state index contributed by atoms with van der Waals surface area (Å²) in [5.41, 5.74) is 0. The van der Waals surface area contributed by atoms with Gasteiger partial charge in [0, 0.05) is 13.8 Å². The molecule has 0 rings (SSSR count). The molecule has 4 heteroatoms. The molecule has 2 atom stereocenters. The summed E-state index contributed by atoms with van der Waals surface area (Å²) in [6, 6.07) is 0. The maximum absolute atomic E-state index is 11.4. The van der Waals surface area contributed by atoms with Crippen molar-refractivity contribution in [3.8, 4) is 0 Å². The number of hydrogen-bond acceptors (Lipinski definition) is 4. The van der Waals surface area contributed by atoms with Crippen LogP contribution in [0.2, 0.25) is 0 Å². The number of carbonyl (C=O) groups is 2. The lowest BCUT2D eigenvalue weighted by atomic mass is 9.92. The van der Waals surface area contributed by atoms with Gasteiger partial charge in [-0.05, 0) is 70.1 Å². The highest BCUT2D eigenvalue weighted by Gasteiger charge is 2.21. The first-order valence-corrected chi connectivity index (χ1v) is 9.95. The molecule has 0 aliphatic carbocycles. The molecule has 2 unspecified atom stereocenters. The molecule has 0 aliphatic rings. The number of rotatable bonds is 16. The highest BCUT2D eigenvalue weighted by Crippen LogP contribution is 2.23. The normalized spacial score (nSPS) is 14.1. The maximum atomic E-state index is 11.4. The molecule has 0 aromatic heterocycles. The molecular weight excluding hydrogens is 328 g/mol. The van der Waals surface area contributed by atoms with Gasteiger partial charge in [-0.15, -0.1) is 13.2 Å². The van der Waals surface area contributed by atoms with Gasteiger partial charge < -0.3 is 9.47 Å². The van der Waals surface area contributed by atoms with Crippen molar-refractivity contribution in [3.05, 3.63) is 25.3 Å². The second kappa shape index (κ2) is 15.7. The highest BCUT2D eigenvalue weighted by molar-refractivity contribution is 5.66. The Hall–Kier alpha value is -1.58. The fraction of sp³-hybridized carbons (Fsp3) is 0.727. The van der Waals surface area contributed by atoms with Gasteiger partial charge in [0.15, 0.2) is 0 Å². The van der Waals surface area contributed by atoms with Crippen LogP contribution in [0.15, 0.2) is 25.3 Å². The molecule has 0 aromatic rings. The van der Waals surface area contributed by atoms with Crippen LogP contribution in [-0.4, -0.2) is 24.1 Å². The lowest BCUT2D eigenvalue weighted by Crippen LogP contribution is -2.24. The van der Waals surface area contributed by atoms with Crippen molar-refractivity contribution in [1.82, 2.24) is 0 Å². The molecule has 26 heavy (non-hydrogen) atoms. The van der Waals surface area contributed by atoms with Gasteiger partial charge in [-0.25, -0.2) is 0 Å². The van der Waals surface area contributed by atoms with E-state index in [-0.39, 0.29) is 24.1 Å². The van der Waals surface area contributed by atoms with Crippen molar-refractivity contribution < 1.29 is 19.1 Å². The van der Waals surface area contributed by atoms with Gasteiger partial charge in [0.25, 0.3) is 0 Å². The molecule has 0 aromatic carbocycles. The Morgan fingerprint density at radius 3 is 1.50 bits per heavy atom. The predicted molar refractivity (Wildman–Crippen MR) is 107 cm³/mol. The molecule has 0 bridgehead atoms. The van der Waals surface area contributed by atoms with Gasteiger partial charge in [-0.3, -0.25) is 9.59 Å². The van der Waals surface area contributed by atoms with E-state index in [0.717, 1.165) is 64.2 Å². The second-order valence-electron chi connectivity index (χ2n) is 7.19. The number of unbranched alkanes of at least 4 members (excludes halogenated alkanes) is 4. The highest BCUT2D eigenvalue weighted by atomic mass is 16.5. The van der Waals surface area contributed by atoms with E-state index in [4.69, 9.17) is 9.47 Å². The summed E-state index contributed by atoms with van der Waals surface area (Å²) in [5, 5.41) is 0. The third-order valence-corrected chi connectivity index (χ3v) is 4.36. The minimum Gasteiger partial charge on any atom is -0.463 e. The van der Waals surface area contributed by atoms with Crippen molar-refractivity contribution in [2.75, 3.05) is 0 Å². The van der Waals surface area contributed by atoms with Crippen LogP contribution in [0.25, 0.3) is 0 Å². The summed E-state index contributed by atoms with van der Waals surface area (Å²) in [6.07, 6.45) is 13.2. The van der Waals surface area contributed by atoms with Crippen molar-refractivity contribution in [1.29, 1.82) is 0 Å². The minimum atomic E-state index is -0.230. The van der Waals surface area contributed by atoms with Crippen LogP contribution in [0.5, 0.6) is 0 Å². The van der Waals surface area contributed by atoms with Crippen LogP contribution in [0, 0.1) is 5.92 Å². The monoisotopic (exact) mass is 366 g/mol. The van der Waals surface area contributed by atoms with E-state index < -0.39 is 0 Å². The van der Waals surface area contributed by atoms with Crippen molar-refractivity contribution in [2.24, 2.45) is 5.92 Å². The Labute approximate surface area is 160 Å². The molecule has 0 heterocycles. The molecule has 0 N–H and O–H groups in total. The smallest absolute Gasteiger partial charge is 0.302 e. The summed E-state index contributed by atoms with van der Waals surface area (Å²) in [4.78, 5) is 22.8. The molecule has 0 radical (unpaired) electrons. The van der Waals surface area contributed by atoms with Crippen LogP contribution in [0.4, 0.5) is 0 Å². The quantitative estimate of drug-likeness (QED) is 0.198. The third kappa shape index (κ3) is 14.7.